The highest BCUT2D eigenvalue weighted by Gasteiger charge is 2.20. The van der Waals surface area contributed by atoms with Gasteiger partial charge in [0.15, 0.2) is 0 Å². The van der Waals surface area contributed by atoms with Crippen LogP contribution in [0.1, 0.15) is 31.0 Å². The van der Waals surface area contributed by atoms with Crippen molar-refractivity contribution in [3.05, 3.63) is 29.8 Å². The maximum atomic E-state index is 13.5. The average Bonchev–Trinajstić information content (AvgIpc) is 2.78. The quantitative estimate of drug-likeness (QED) is 0.803. The molecule has 0 radical (unpaired) electrons. The number of aromatic nitrogens is 2. The Kier molecular flexibility index (Phi) is 3.94. The molecule has 1 aromatic heterocycles. The molecule has 3 nitrogen and oxygen atoms in total. The van der Waals surface area contributed by atoms with E-state index in [4.69, 9.17) is 16.3 Å². The van der Waals surface area contributed by atoms with Gasteiger partial charge in [-0.15, -0.1) is 11.6 Å². The van der Waals surface area contributed by atoms with Gasteiger partial charge in [-0.3, -0.25) is 0 Å². The zero-order chi connectivity index (χ0) is 14.1. The number of hydrogen-bond acceptors (Lipinski definition) is 2. The largest absolute Gasteiger partial charge is 0.381 e. The molecule has 3 rings (SSSR count). The first-order valence-electron chi connectivity index (χ1n) is 7.02. The van der Waals surface area contributed by atoms with Crippen molar-refractivity contribution in [2.75, 3.05) is 13.2 Å². The average molecular weight is 297 g/mol. The van der Waals surface area contributed by atoms with Crippen LogP contribution in [0.25, 0.3) is 11.0 Å². The van der Waals surface area contributed by atoms with Crippen LogP contribution in [-0.2, 0) is 11.3 Å². The van der Waals surface area contributed by atoms with Gasteiger partial charge in [-0.1, -0.05) is 0 Å². The van der Waals surface area contributed by atoms with Crippen molar-refractivity contribution in [2.24, 2.45) is 5.92 Å². The lowest BCUT2D eigenvalue weighted by Gasteiger charge is -2.23. The second-order valence-corrected chi connectivity index (χ2v) is 6.07. The molecule has 1 fully saturated rings. The van der Waals surface area contributed by atoms with Crippen LogP contribution in [0, 0.1) is 11.7 Å². The summed E-state index contributed by atoms with van der Waals surface area (Å²) in [6.07, 6.45) is 2.21. The number of benzene rings is 1. The third-order valence-corrected chi connectivity index (χ3v) is 3.99. The van der Waals surface area contributed by atoms with Gasteiger partial charge in [0, 0.05) is 19.1 Å². The summed E-state index contributed by atoms with van der Waals surface area (Å²) in [5.74, 6) is 1.00. The Hall–Kier alpha value is -1.13. The van der Waals surface area contributed by atoms with Crippen LogP contribution in [0.5, 0.6) is 0 Å². The molecular weight excluding hydrogens is 279 g/mol. The Balaban J connectivity index is 2.01. The van der Waals surface area contributed by atoms with E-state index in [0.29, 0.717) is 5.92 Å². The van der Waals surface area contributed by atoms with Crippen LogP contribution in [-0.4, -0.2) is 22.8 Å². The lowest BCUT2D eigenvalue weighted by Crippen LogP contribution is -2.23. The second kappa shape index (κ2) is 5.70. The molecule has 2 atom stereocenters. The smallest absolute Gasteiger partial charge is 0.127 e. The normalized spacial score (nSPS) is 21.2. The summed E-state index contributed by atoms with van der Waals surface area (Å²) < 4.78 is 21.1. The molecule has 2 aromatic rings. The Morgan fingerprint density at radius 3 is 3.10 bits per heavy atom. The molecule has 0 spiro atoms. The lowest BCUT2D eigenvalue weighted by atomic mass is 10.0. The summed E-state index contributed by atoms with van der Waals surface area (Å²) in [6, 6.07) is 4.68. The van der Waals surface area contributed by atoms with Crippen LogP contribution in [0.15, 0.2) is 18.2 Å². The van der Waals surface area contributed by atoms with E-state index in [1.807, 2.05) is 6.92 Å². The minimum Gasteiger partial charge on any atom is -0.381 e. The van der Waals surface area contributed by atoms with E-state index in [0.717, 1.165) is 49.5 Å². The molecule has 0 N–H and O–H groups in total. The molecule has 1 aliphatic heterocycles. The molecule has 0 aliphatic carbocycles. The molecule has 1 aliphatic rings. The predicted octanol–water partition coefficient (Wildman–Crippen LogP) is 3.90. The van der Waals surface area contributed by atoms with Crippen molar-refractivity contribution >= 4 is 22.6 Å². The molecule has 2 unspecified atom stereocenters. The van der Waals surface area contributed by atoms with Gasteiger partial charge in [0.25, 0.3) is 0 Å². The summed E-state index contributed by atoms with van der Waals surface area (Å²) in [5.41, 5.74) is 1.61. The number of halogens is 2. The maximum Gasteiger partial charge on any atom is 0.127 e. The van der Waals surface area contributed by atoms with Crippen molar-refractivity contribution in [3.8, 4) is 0 Å². The van der Waals surface area contributed by atoms with Crippen molar-refractivity contribution in [1.82, 2.24) is 9.55 Å². The van der Waals surface area contributed by atoms with Crippen molar-refractivity contribution in [2.45, 2.75) is 31.7 Å². The summed E-state index contributed by atoms with van der Waals surface area (Å²) in [5, 5.41) is -0.199. The number of rotatable bonds is 3. The Labute approximate surface area is 122 Å². The number of imidazole rings is 1. The third-order valence-electron chi connectivity index (χ3n) is 3.79. The van der Waals surface area contributed by atoms with E-state index < -0.39 is 0 Å². The zero-order valence-electron chi connectivity index (χ0n) is 11.5. The minimum absolute atomic E-state index is 0.199. The van der Waals surface area contributed by atoms with Gasteiger partial charge in [-0.2, -0.15) is 0 Å². The molecule has 2 heterocycles. The lowest BCUT2D eigenvalue weighted by molar-refractivity contribution is 0.0485. The van der Waals surface area contributed by atoms with Crippen molar-refractivity contribution < 1.29 is 9.13 Å². The summed E-state index contributed by atoms with van der Waals surface area (Å²) in [7, 11) is 0. The zero-order valence-corrected chi connectivity index (χ0v) is 12.2. The predicted molar refractivity (Wildman–Crippen MR) is 77.5 cm³/mol. The van der Waals surface area contributed by atoms with Gasteiger partial charge in [-0.05, 0) is 38.0 Å². The van der Waals surface area contributed by atoms with Crippen LogP contribution in [0.2, 0.25) is 0 Å². The number of fused-ring (bicyclic) bond motifs is 1. The number of ether oxygens (including phenoxy) is 1. The van der Waals surface area contributed by atoms with Crippen LogP contribution in [0.4, 0.5) is 4.39 Å². The van der Waals surface area contributed by atoms with Gasteiger partial charge in [0.1, 0.15) is 11.6 Å². The summed E-state index contributed by atoms with van der Waals surface area (Å²) in [6.45, 7) is 4.28. The van der Waals surface area contributed by atoms with Crippen molar-refractivity contribution in [3.63, 3.8) is 0 Å². The monoisotopic (exact) mass is 296 g/mol. The van der Waals surface area contributed by atoms with E-state index in [9.17, 15) is 4.39 Å². The highest BCUT2D eigenvalue weighted by Crippen LogP contribution is 2.27. The van der Waals surface area contributed by atoms with Gasteiger partial charge < -0.3 is 9.30 Å². The van der Waals surface area contributed by atoms with E-state index in [2.05, 4.69) is 9.55 Å². The van der Waals surface area contributed by atoms with Gasteiger partial charge in [-0.25, -0.2) is 9.37 Å². The van der Waals surface area contributed by atoms with E-state index in [1.54, 1.807) is 6.07 Å². The molecule has 5 heteroatoms. The Morgan fingerprint density at radius 2 is 2.40 bits per heavy atom. The third kappa shape index (κ3) is 2.67. The van der Waals surface area contributed by atoms with Gasteiger partial charge in [0.2, 0.25) is 0 Å². The fourth-order valence-electron chi connectivity index (χ4n) is 2.82. The molecule has 1 aromatic carbocycles. The van der Waals surface area contributed by atoms with E-state index in [-0.39, 0.29) is 11.2 Å². The van der Waals surface area contributed by atoms with Crippen LogP contribution >= 0.6 is 11.6 Å². The maximum absolute atomic E-state index is 13.5. The van der Waals surface area contributed by atoms with Gasteiger partial charge >= 0.3 is 0 Å². The first-order chi connectivity index (χ1) is 9.65. The van der Waals surface area contributed by atoms with Crippen LogP contribution in [0.3, 0.4) is 0 Å². The number of nitrogens with zero attached hydrogens (tertiary/aromatic N) is 2. The first-order valence-corrected chi connectivity index (χ1v) is 7.46. The SMILES string of the molecule is CC(Cl)c1nc2ccc(F)cc2n1CC1CCCOC1. The topological polar surface area (TPSA) is 27.1 Å². The molecule has 0 saturated carbocycles. The molecule has 0 amide bonds. The second-order valence-electron chi connectivity index (χ2n) is 5.41. The highest BCUT2D eigenvalue weighted by molar-refractivity contribution is 6.20. The molecule has 1 saturated heterocycles. The number of alkyl halides is 1. The molecule has 0 bridgehead atoms. The Bertz CT molecular complexity index is 605. The summed E-state index contributed by atoms with van der Waals surface area (Å²) in [4.78, 5) is 4.54. The van der Waals surface area contributed by atoms with E-state index in [1.165, 1.54) is 12.1 Å². The Morgan fingerprint density at radius 1 is 1.55 bits per heavy atom. The van der Waals surface area contributed by atoms with Crippen molar-refractivity contribution in [1.29, 1.82) is 0 Å². The fourth-order valence-corrected chi connectivity index (χ4v) is 2.99. The number of hydrogen-bond donors (Lipinski definition) is 0. The van der Waals surface area contributed by atoms with E-state index >= 15 is 0 Å². The summed E-state index contributed by atoms with van der Waals surface area (Å²) >= 11 is 6.23. The highest BCUT2D eigenvalue weighted by atomic mass is 35.5. The molecular formula is C15H18ClFN2O. The fraction of sp³-hybridized carbons (Fsp3) is 0.533. The van der Waals surface area contributed by atoms with Gasteiger partial charge in [0.05, 0.1) is 23.0 Å². The molecule has 108 valence electrons. The standard InChI is InChI=1S/C15H18ClFN2O/c1-10(16)15-18-13-5-4-12(17)7-14(13)19(15)8-11-3-2-6-20-9-11/h4-5,7,10-11H,2-3,6,8-9H2,1H3. The first kappa shape index (κ1) is 13.8. The minimum atomic E-state index is -0.243. The van der Waals surface area contributed by atoms with Crippen LogP contribution < -0.4 is 0 Å². The molecule has 20 heavy (non-hydrogen) atoms.